The molecule has 7 heteroatoms. The Morgan fingerprint density at radius 2 is 1.71 bits per heavy atom. The summed E-state index contributed by atoms with van der Waals surface area (Å²) in [6.45, 7) is 6.19. The predicted molar refractivity (Wildman–Crippen MR) is 119 cm³/mol. The smallest absolute Gasteiger partial charge is 0.282 e. The van der Waals surface area contributed by atoms with Crippen molar-refractivity contribution in [3.05, 3.63) is 59.8 Å². The molecule has 0 fully saturated rings. The number of aliphatic hydroxyl groups excluding tert-OH is 1. The van der Waals surface area contributed by atoms with Crippen molar-refractivity contribution in [2.75, 3.05) is 31.7 Å². The molecule has 0 saturated carbocycles. The molecular formula is C24H28N2O5. The van der Waals surface area contributed by atoms with E-state index >= 15 is 0 Å². The Bertz CT molecular complexity index is 982. The molecule has 0 aliphatic carbocycles. The highest BCUT2D eigenvalue weighted by Gasteiger charge is 2.42. The molecule has 0 aromatic heterocycles. The minimum Gasteiger partial charge on any atom is -0.492 e. The van der Waals surface area contributed by atoms with Crippen LogP contribution in [0.1, 0.15) is 26.3 Å². The second-order valence-corrected chi connectivity index (χ2v) is 7.41. The normalized spacial score (nSPS) is 13.9. The number of imide groups is 1. The van der Waals surface area contributed by atoms with Crippen LogP contribution in [-0.2, 0) is 9.59 Å². The third-order valence-corrected chi connectivity index (χ3v) is 4.80. The zero-order chi connectivity index (χ0) is 22.5. The van der Waals surface area contributed by atoms with Gasteiger partial charge in [-0.3, -0.25) is 9.59 Å². The molecule has 2 aromatic carbocycles. The van der Waals surface area contributed by atoms with Crippen molar-refractivity contribution < 1.29 is 24.2 Å². The van der Waals surface area contributed by atoms with E-state index in [9.17, 15) is 14.7 Å². The maximum atomic E-state index is 13.5. The number of aliphatic hydroxyl groups is 1. The Kier molecular flexibility index (Phi) is 6.97. The molecule has 2 aromatic rings. The Hall–Kier alpha value is -3.32. The fourth-order valence-corrected chi connectivity index (χ4v) is 3.50. The maximum absolute atomic E-state index is 13.5. The number of carbonyl (C=O) groups is 2. The van der Waals surface area contributed by atoms with Gasteiger partial charge in [0.25, 0.3) is 11.8 Å². The summed E-state index contributed by atoms with van der Waals surface area (Å²) in [5.41, 5.74) is 1.51. The van der Waals surface area contributed by atoms with E-state index < -0.39 is 11.8 Å². The van der Waals surface area contributed by atoms with Crippen molar-refractivity contribution in [1.82, 2.24) is 4.90 Å². The molecule has 1 heterocycles. The lowest BCUT2D eigenvalue weighted by atomic mass is 10.0. The number of hydrogen-bond acceptors (Lipinski definition) is 6. The molecule has 2 amide bonds. The first-order chi connectivity index (χ1) is 14.9. The molecule has 1 aliphatic heterocycles. The minimum absolute atomic E-state index is 0.0246. The van der Waals surface area contributed by atoms with Gasteiger partial charge >= 0.3 is 0 Å². The lowest BCUT2D eigenvalue weighted by Gasteiger charge is -2.21. The molecule has 0 bridgehead atoms. The van der Waals surface area contributed by atoms with Crippen LogP contribution in [0, 0.1) is 0 Å². The van der Waals surface area contributed by atoms with Gasteiger partial charge in [-0.05, 0) is 50.6 Å². The van der Waals surface area contributed by atoms with Gasteiger partial charge < -0.3 is 19.5 Å². The molecule has 0 saturated heterocycles. The van der Waals surface area contributed by atoms with E-state index in [1.807, 2.05) is 20.8 Å². The van der Waals surface area contributed by atoms with Gasteiger partial charge in [0.15, 0.2) is 0 Å². The molecule has 1 aliphatic rings. The number of anilines is 1. The molecule has 0 atom stereocenters. The van der Waals surface area contributed by atoms with Gasteiger partial charge in [-0.15, -0.1) is 0 Å². The van der Waals surface area contributed by atoms with Gasteiger partial charge in [-0.1, -0.05) is 24.3 Å². The molecule has 0 spiro atoms. The van der Waals surface area contributed by atoms with Crippen LogP contribution in [0.4, 0.5) is 5.69 Å². The molecule has 3 rings (SSSR count). The Balaban J connectivity index is 2.08. The van der Waals surface area contributed by atoms with Crippen molar-refractivity contribution in [2.45, 2.75) is 26.9 Å². The zero-order valence-corrected chi connectivity index (χ0v) is 18.3. The lowest BCUT2D eigenvalue weighted by Crippen LogP contribution is -2.35. The highest BCUT2D eigenvalue weighted by molar-refractivity contribution is 6.45. The van der Waals surface area contributed by atoms with Gasteiger partial charge in [0.2, 0.25) is 0 Å². The van der Waals surface area contributed by atoms with Gasteiger partial charge in [-0.25, -0.2) is 4.90 Å². The average molecular weight is 424 g/mol. The van der Waals surface area contributed by atoms with Crippen molar-refractivity contribution in [1.29, 1.82) is 0 Å². The van der Waals surface area contributed by atoms with Crippen molar-refractivity contribution in [3.8, 4) is 11.5 Å². The molecule has 7 nitrogen and oxygen atoms in total. The van der Waals surface area contributed by atoms with Gasteiger partial charge in [-0.2, -0.15) is 0 Å². The van der Waals surface area contributed by atoms with E-state index in [0.29, 0.717) is 29.4 Å². The summed E-state index contributed by atoms with van der Waals surface area (Å²) >= 11 is 0. The summed E-state index contributed by atoms with van der Waals surface area (Å²) in [6.07, 6.45) is 0.0246. The lowest BCUT2D eigenvalue weighted by molar-refractivity contribution is -0.120. The van der Waals surface area contributed by atoms with E-state index in [1.54, 1.807) is 60.5 Å². The molecule has 1 N–H and O–H groups in total. The van der Waals surface area contributed by atoms with Crippen LogP contribution in [0.3, 0.4) is 0 Å². The van der Waals surface area contributed by atoms with Crippen LogP contribution < -0.4 is 14.4 Å². The third kappa shape index (κ3) is 4.56. The minimum atomic E-state index is -0.453. The third-order valence-electron chi connectivity index (χ3n) is 4.80. The predicted octanol–water partition coefficient (Wildman–Crippen LogP) is 3.08. The van der Waals surface area contributed by atoms with Gasteiger partial charge in [0.1, 0.15) is 17.2 Å². The summed E-state index contributed by atoms with van der Waals surface area (Å²) in [5.74, 6) is 0.248. The summed E-state index contributed by atoms with van der Waals surface area (Å²) in [6, 6.07) is 14.1. The maximum Gasteiger partial charge on any atom is 0.282 e. The summed E-state index contributed by atoms with van der Waals surface area (Å²) in [5, 5.41) is 9.41. The number of hydrogen-bond donors (Lipinski definition) is 1. The largest absolute Gasteiger partial charge is 0.492 e. The van der Waals surface area contributed by atoms with Gasteiger partial charge in [0.05, 0.1) is 30.6 Å². The van der Waals surface area contributed by atoms with E-state index in [0.717, 1.165) is 4.90 Å². The first kappa shape index (κ1) is 22.4. The van der Waals surface area contributed by atoms with E-state index in [4.69, 9.17) is 9.47 Å². The number of para-hydroxylation sites is 2. The standard InChI is InChI=1S/C24H28N2O5/c1-5-30-20-9-7-6-8-19(20)26-23(28)21(22(24(26)29)25(4)14-15-27)17-10-12-18(13-11-17)31-16(2)3/h6-13,16,27H,5,14-15H2,1-4H3. The Morgan fingerprint density at radius 1 is 1.03 bits per heavy atom. The Labute approximate surface area is 182 Å². The zero-order valence-electron chi connectivity index (χ0n) is 18.3. The van der Waals surface area contributed by atoms with Crippen molar-refractivity contribution in [2.24, 2.45) is 0 Å². The highest BCUT2D eigenvalue weighted by Crippen LogP contribution is 2.38. The van der Waals surface area contributed by atoms with E-state index in [1.165, 1.54) is 0 Å². The van der Waals surface area contributed by atoms with Gasteiger partial charge in [0, 0.05) is 13.6 Å². The van der Waals surface area contributed by atoms with E-state index in [-0.39, 0.29) is 30.5 Å². The van der Waals surface area contributed by atoms with Crippen molar-refractivity contribution >= 4 is 23.1 Å². The van der Waals surface area contributed by atoms with Crippen LogP contribution in [0.5, 0.6) is 11.5 Å². The van der Waals surface area contributed by atoms with Crippen LogP contribution in [-0.4, -0.2) is 54.7 Å². The quantitative estimate of drug-likeness (QED) is 0.624. The molecule has 164 valence electrons. The molecular weight excluding hydrogens is 396 g/mol. The van der Waals surface area contributed by atoms with Crippen LogP contribution in [0.25, 0.3) is 5.57 Å². The SMILES string of the molecule is CCOc1ccccc1N1C(=O)C(c2ccc(OC(C)C)cc2)=C(N(C)CCO)C1=O. The van der Waals surface area contributed by atoms with Crippen LogP contribution in [0.2, 0.25) is 0 Å². The van der Waals surface area contributed by atoms with E-state index in [2.05, 4.69) is 0 Å². The number of nitrogens with zero attached hydrogens (tertiary/aromatic N) is 2. The summed E-state index contributed by atoms with van der Waals surface area (Å²) in [7, 11) is 1.69. The van der Waals surface area contributed by atoms with Crippen molar-refractivity contribution in [3.63, 3.8) is 0 Å². The topological polar surface area (TPSA) is 79.3 Å². The fourth-order valence-electron chi connectivity index (χ4n) is 3.50. The number of rotatable bonds is 9. The number of amides is 2. The first-order valence-corrected chi connectivity index (χ1v) is 10.3. The second-order valence-electron chi connectivity index (χ2n) is 7.41. The molecule has 31 heavy (non-hydrogen) atoms. The number of ether oxygens (including phenoxy) is 2. The van der Waals surface area contributed by atoms with Crippen LogP contribution in [0.15, 0.2) is 54.2 Å². The number of likely N-dealkylation sites (N-methyl/N-ethyl adjacent to an activating group) is 1. The number of benzene rings is 2. The molecule has 0 radical (unpaired) electrons. The highest BCUT2D eigenvalue weighted by atomic mass is 16.5. The fraction of sp³-hybridized carbons (Fsp3) is 0.333. The number of carbonyl (C=O) groups excluding carboxylic acids is 2. The second kappa shape index (κ2) is 9.66. The average Bonchev–Trinajstić information content (AvgIpc) is 2.99. The summed E-state index contributed by atoms with van der Waals surface area (Å²) < 4.78 is 11.3. The Morgan fingerprint density at radius 3 is 2.32 bits per heavy atom. The van der Waals surface area contributed by atoms with Crippen LogP contribution >= 0.6 is 0 Å². The monoisotopic (exact) mass is 424 g/mol. The first-order valence-electron chi connectivity index (χ1n) is 10.3. The summed E-state index contributed by atoms with van der Waals surface area (Å²) in [4.78, 5) is 29.7. The molecule has 0 unspecified atom stereocenters.